The van der Waals surface area contributed by atoms with Crippen molar-refractivity contribution in [2.45, 2.75) is 33.1 Å². The van der Waals surface area contributed by atoms with Gasteiger partial charge in [-0.1, -0.05) is 32.0 Å². The Morgan fingerprint density at radius 2 is 1.77 bits per heavy atom. The van der Waals surface area contributed by atoms with Crippen LogP contribution in [0.1, 0.15) is 37.6 Å². The molecular weight excluding hydrogens is 276 g/mol. The van der Waals surface area contributed by atoms with Crippen molar-refractivity contribution in [3.05, 3.63) is 35.7 Å². The van der Waals surface area contributed by atoms with Gasteiger partial charge in [-0.2, -0.15) is 4.98 Å². The minimum atomic E-state index is 0.275. The number of benzene rings is 1. The third-order valence-electron chi connectivity index (χ3n) is 4.16. The lowest BCUT2D eigenvalue weighted by molar-refractivity contribution is 0.364. The topological polar surface area (TPSA) is 45.4 Å². The standard InChI is InChI=1S/C17H24N4O/c1-13(2)16-18-17(19-22-16)21-10-6-9-20(11-12-21)15-8-5-4-7-14(15)3/h4-5,7-8,13H,6,9-12H2,1-3H3. The molecule has 0 bridgehead atoms. The second-order valence-corrected chi connectivity index (χ2v) is 6.20. The lowest BCUT2D eigenvalue weighted by Crippen LogP contribution is -2.31. The molecule has 1 fully saturated rings. The van der Waals surface area contributed by atoms with Crippen LogP contribution in [0.15, 0.2) is 28.8 Å². The summed E-state index contributed by atoms with van der Waals surface area (Å²) in [6, 6.07) is 8.58. The molecule has 0 atom stereocenters. The van der Waals surface area contributed by atoms with Crippen molar-refractivity contribution >= 4 is 11.6 Å². The highest BCUT2D eigenvalue weighted by molar-refractivity contribution is 5.53. The highest BCUT2D eigenvalue weighted by Gasteiger charge is 2.20. The van der Waals surface area contributed by atoms with Crippen LogP contribution in [0.25, 0.3) is 0 Å². The number of nitrogens with zero attached hydrogens (tertiary/aromatic N) is 4. The van der Waals surface area contributed by atoms with E-state index in [-0.39, 0.29) is 5.92 Å². The van der Waals surface area contributed by atoms with Crippen molar-refractivity contribution < 1.29 is 4.52 Å². The van der Waals surface area contributed by atoms with Crippen molar-refractivity contribution in [2.24, 2.45) is 0 Å². The normalized spacial score (nSPS) is 16.2. The molecule has 3 rings (SSSR count). The van der Waals surface area contributed by atoms with Gasteiger partial charge < -0.3 is 14.3 Å². The molecule has 2 heterocycles. The van der Waals surface area contributed by atoms with Crippen molar-refractivity contribution in [1.82, 2.24) is 10.1 Å². The summed E-state index contributed by atoms with van der Waals surface area (Å²) in [4.78, 5) is 9.21. The highest BCUT2D eigenvalue weighted by Crippen LogP contribution is 2.22. The van der Waals surface area contributed by atoms with Gasteiger partial charge in [0.2, 0.25) is 5.89 Å². The van der Waals surface area contributed by atoms with E-state index in [1.54, 1.807) is 0 Å². The van der Waals surface area contributed by atoms with Crippen molar-refractivity contribution in [1.29, 1.82) is 0 Å². The summed E-state index contributed by atoms with van der Waals surface area (Å²) < 4.78 is 5.33. The van der Waals surface area contributed by atoms with Crippen LogP contribution in [0.3, 0.4) is 0 Å². The van der Waals surface area contributed by atoms with Gasteiger partial charge in [-0.3, -0.25) is 0 Å². The molecule has 22 heavy (non-hydrogen) atoms. The molecule has 1 aromatic carbocycles. The molecule has 5 nitrogen and oxygen atoms in total. The minimum absolute atomic E-state index is 0.275. The number of aromatic nitrogens is 2. The Labute approximate surface area is 131 Å². The van der Waals surface area contributed by atoms with Crippen LogP contribution in [-0.4, -0.2) is 36.3 Å². The third kappa shape index (κ3) is 3.08. The molecule has 5 heteroatoms. The number of hydrogen-bond donors (Lipinski definition) is 0. The van der Waals surface area contributed by atoms with Crippen LogP contribution in [0.5, 0.6) is 0 Å². The molecule has 0 radical (unpaired) electrons. The van der Waals surface area contributed by atoms with Gasteiger partial charge in [-0.25, -0.2) is 0 Å². The molecule has 1 aromatic heterocycles. The molecule has 0 saturated carbocycles. The molecule has 118 valence electrons. The van der Waals surface area contributed by atoms with E-state index in [1.807, 2.05) is 0 Å². The van der Waals surface area contributed by atoms with Gasteiger partial charge >= 0.3 is 0 Å². The van der Waals surface area contributed by atoms with E-state index in [9.17, 15) is 0 Å². The van der Waals surface area contributed by atoms with E-state index in [2.05, 4.69) is 65.0 Å². The van der Waals surface area contributed by atoms with Gasteiger partial charge in [0.1, 0.15) is 0 Å². The molecule has 2 aromatic rings. The SMILES string of the molecule is Cc1ccccc1N1CCCN(c2noc(C(C)C)n2)CC1. The third-order valence-corrected chi connectivity index (χ3v) is 4.16. The van der Waals surface area contributed by atoms with Crippen molar-refractivity contribution in [3.8, 4) is 0 Å². The quantitative estimate of drug-likeness (QED) is 0.871. The minimum Gasteiger partial charge on any atom is -0.369 e. The summed E-state index contributed by atoms with van der Waals surface area (Å²) in [6.07, 6.45) is 1.10. The summed E-state index contributed by atoms with van der Waals surface area (Å²) in [5.41, 5.74) is 2.66. The molecule has 1 aliphatic rings. The second kappa shape index (κ2) is 6.38. The van der Waals surface area contributed by atoms with E-state index < -0.39 is 0 Å². The molecule has 0 amide bonds. The summed E-state index contributed by atoms with van der Waals surface area (Å²) in [5.74, 6) is 1.72. The molecule has 0 spiro atoms. The molecule has 1 aliphatic heterocycles. The zero-order valence-corrected chi connectivity index (χ0v) is 13.6. The average molecular weight is 300 g/mol. The van der Waals surface area contributed by atoms with Crippen LogP contribution in [0.4, 0.5) is 11.6 Å². The van der Waals surface area contributed by atoms with E-state index in [4.69, 9.17) is 4.52 Å². The Kier molecular flexibility index (Phi) is 4.32. The first kappa shape index (κ1) is 14.9. The van der Waals surface area contributed by atoms with Crippen LogP contribution >= 0.6 is 0 Å². The number of para-hydroxylation sites is 1. The molecular formula is C17H24N4O. The molecule has 0 N–H and O–H groups in total. The van der Waals surface area contributed by atoms with E-state index >= 15 is 0 Å². The molecule has 1 saturated heterocycles. The number of rotatable bonds is 3. The number of hydrogen-bond acceptors (Lipinski definition) is 5. The molecule has 0 aliphatic carbocycles. The fourth-order valence-corrected chi connectivity index (χ4v) is 2.87. The van der Waals surface area contributed by atoms with Gasteiger partial charge in [0, 0.05) is 37.8 Å². The summed E-state index contributed by atoms with van der Waals surface area (Å²) in [6.45, 7) is 10.3. The fraction of sp³-hybridized carbons (Fsp3) is 0.529. The van der Waals surface area contributed by atoms with Gasteiger partial charge in [-0.15, -0.1) is 0 Å². The Hall–Kier alpha value is -2.04. The summed E-state index contributed by atoms with van der Waals surface area (Å²) >= 11 is 0. The Morgan fingerprint density at radius 1 is 1.05 bits per heavy atom. The van der Waals surface area contributed by atoms with Crippen LogP contribution in [0, 0.1) is 6.92 Å². The largest absolute Gasteiger partial charge is 0.369 e. The Balaban J connectivity index is 1.70. The summed E-state index contributed by atoms with van der Waals surface area (Å²) in [7, 11) is 0. The summed E-state index contributed by atoms with van der Waals surface area (Å²) in [5, 5.41) is 4.14. The fourth-order valence-electron chi connectivity index (χ4n) is 2.87. The first-order valence-corrected chi connectivity index (χ1v) is 8.04. The molecule has 0 unspecified atom stereocenters. The number of anilines is 2. The first-order valence-electron chi connectivity index (χ1n) is 8.04. The van der Waals surface area contributed by atoms with Gasteiger partial charge in [-0.05, 0) is 30.1 Å². The van der Waals surface area contributed by atoms with E-state index in [0.717, 1.165) is 44.4 Å². The Bertz CT molecular complexity index is 623. The smallest absolute Gasteiger partial charge is 0.266 e. The first-order chi connectivity index (χ1) is 10.6. The Morgan fingerprint density at radius 3 is 2.50 bits per heavy atom. The van der Waals surface area contributed by atoms with Crippen molar-refractivity contribution in [2.75, 3.05) is 36.0 Å². The van der Waals surface area contributed by atoms with E-state index in [1.165, 1.54) is 11.3 Å². The highest BCUT2D eigenvalue weighted by atomic mass is 16.5. The zero-order valence-electron chi connectivity index (χ0n) is 13.6. The van der Waals surface area contributed by atoms with Crippen LogP contribution in [-0.2, 0) is 0 Å². The average Bonchev–Trinajstić information content (AvgIpc) is 2.87. The predicted molar refractivity (Wildman–Crippen MR) is 88.6 cm³/mol. The lowest BCUT2D eigenvalue weighted by Gasteiger charge is -2.24. The van der Waals surface area contributed by atoms with Gasteiger partial charge in [0.05, 0.1) is 0 Å². The van der Waals surface area contributed by atoms with Crippen LogP contribution in [0.2, 0.25) is 0 Å². The van der Waals surface area contributed by atoms with Gasteiger partial charge in [0.25, 0.3) is 5.95 Å². The van der Waals surface area contributed by atoms with E-state index in [0.29, 0.717) is 0 Å². The van der Waals surface area contributed by atoms with Crippen molar-refractivity contribution in [3.63, 3.8) is 0 Å². The number of aryl methyl sites for hydroxylation is 1. The lowest BCUT2D eigenvalue weighted by atomic mass is 10.2. The van der Waals surface area contributed by atoms with Gasteiger partial charge in [0.15, 0.2) is 0 Å². The predicted octanol–water partition coefficient (Wildman–Crippen LogP) is 3.22. The maximum absolute atomic E-state index is 5.33. The second-order valence-electron chi connectivity index (χ2n) is 6.20. The monoisotopic (exact) mass is 300 g/mol. The maximum Gasteiger partial charge on any atom is 0.266 e. The zero-order chi connectivity index (χ0) is 15.5. The maximum atomic E-state index is 5.33. The van der Waals surface area contributed by atoms with Crippen LogP contribution < -0.4 is 9.80 Å².